The van der Waals surface area contributed by atoms with E-state index in [2.05, 4.69) is 45.8 Å². The van der Waals surface area contributed by atoms with E-state index in [1.165, 1.54) is 15.4 Å². The first-order valence-corrected chi connectivity index (χ1v) is 11.0. The van der Waals surface area contributed by atoms with Gasteiger partial charge in [-0.05, 0) is 90.8 Å². The van der Waals surface area contributed by atoms with E-state index in [0.29, 0.717) is 0 Å². The molecule has 1 aromatic carbocycles. The Kier molecular flexibility index (Phi) is 4.56. The second-order valence-electron chi connectivity index (χ2n) is 8.49. The number of aromatic nitrogens is 1. The molecular formula is C22H22INO4. The van der Waals surface area contributed by atoms with Crippen molar-refractivity contribution in [3.05, 3.63) is 40.1 Å². The van der Waals surface area contributed by atoms with Crippen molar-refractivity contribution in [1.29, 1.82) is 0 Å². The molecule has 1 saturated heterocycles. The molecule has 5 aliphatic rings. The fraction of sp³-hybridized carbons (Fsp3) is 0.500. The number of carbonyl (C=O) groups excluding carboxylic acids is 2. The van der Waals surface area contributed by atoms with Crippen LogP contribution in [0.4, 0.5) is 0 Å². The summed E-state index contributed by atoms with van der Waals surface area (Å²) < 4.78 is 12.3. The van der Waals surface area contributed by atoms with E-state index < -0.39 is 17.7 Å². The number of ether oxygens (including phenoxy) is 2. The molecule has 4 aliphatic carbocycles. The van der Waals surface area contributed by atoms with Gasteiger partial charge in [-0.1, -0.05) is 6.07 Å². The van der Waals surface area contributed by atoms with Crippen molar-refractivity contribution in [2.24, 2.45) is 23.7 Å². The molecule has 5 fully saturated rings. The van der Waals surface area contributed by atoms with Gasteiger partial charge < -0.3 is 9.47 Å². The maximum Gasteiger partial charge on any atom is 0.320 e. The van der Waals surface area contributed by atoms with Crippen molar-refractivity contribution >= 4 is 45.4 Å². The van der Waals surface area contributed by atoms with Crippen LogP contribution in [0.15, 0.2) is 36.5 Å². The van der Waals surface area contributed by atoms with Gasteiger partial charge in [-0.15, -0.1) is 0 Å². The number of esters is 2. The summed E-state index contributed by atoms with van der Waals surface area (Å²) in [7, 11) is 0. The molecule has 2 heterocycles. The molecule has 5 nitrogen and oxygen atoms in total. The Morgan fingerprint density at radius 1 is 0.929 bits per heavy atom. The van der Waals surface area contributed by atoms with Gasteiger partial charge in [-0.25, -0.2) is 0 Å². The second kappa shape index (κ2) is 6.97. The van der Waals surface area contributed by atoms with Gasteiger partial charge >= 0.3 is 11.9 Å². The summed E-state index contributed by atoms with van der Waals surface area (Å²) in [6, 6.07) is 10.3. The summed E-state index contributed by atoms with van der Waals surface area (Å²) in [6.45, 7) is 0. The van der Waals surface area contributed by atoms with Gasteiger partial charge in [0.05, 0.1) is 5.52 Å². The Morgan fingerprint density at radius 2 is 1.57 bits per heavy atom. The predicted molar refractivity (Wildman–Crippen MR) is 111 cm³/mol. The van der Waals surface area contributed by atoms with E-state index in [1.54, 1.807) is 0 Å². The van der Waals surface area contributed by atoms with Gasteiger partial charge in [0.25, 0.3) is 5.79 Å². The standard InChI is InChI=1S/C13H16O4.C9H6IN/c14-11-6-12(15)17-13(16-11)9-2-7-1-8(4-9)5-10(13)3-7;10-8-3-4-9-7(6-8)2-1-5-11-9/h7-10H,1-6H2;1-6H. The molecule has 7 rings (SSSR count). The van der Waals surface area contributed by atoms with Gasteiger partial charge in [-0.2, -0.15) is 0 Å². The molecule has 4 bridgehead atoms. The van der Waals surface area contributed by atoms with Gasteiger partial charge in [0, 0.05) is 27.0 Å². The highest BCUT2D eigenvalue weighted by Gasteiger charge is 2.63. The molecular weight excluding hydrogens is 469 g/mol. The van der Waals surface area contributed by atoms with Crippen molar-refractivity contribution in [3.8, 4) is 0 Å². The van der Waals surface area contributed by atoms with Crippen molar-refractivity contribution in [2.45, 2.75) is 44.3 Å². The zero-order valence-electron chi connectivity index (χ0n) is 15.5. The molecule has 0 atom stereocenters. The molecule has 1 aromatic heterocycles. The van der Waals surface area contributed by atoms with E-state index in [1.807, 2.05) is 18.3 Å². The van der Waals surface area contributed by atoms with E-state index in [0.717, 1.165) is 43.0 Å². The van der Waals surface area contributed by atoms with Crippen LogP contribution in [0.2, 0.25) is 0 Å². The van der Waals surface area contributed by atoms with Crippen LogP contribution in [0.1, 0.15) is 38.5 Å². The summed E-state index contributed by atoms with van der Waals surface area (Å²) in [5.41, 5.74) is 1.06. The SMILES string of the molecule is Ic1ccc2ncccc2c1.O=C1CC(=O)OC2(O1)C1CC3CC(C1)CC2C3. The van der Waals surface area contributed by atoms with Crippen molar-refractivity contribution < 1.29 is 19.1 Å². The molecule has 4 saturated carbocycles. The number of hydrogen-bond acceptors (Lipinski definition) is 5. The number of fused-ring (bicyclic) bond motifs is 1. The highest BCUT2D eigenvalue weighted by atomic mass is 127. The third-order valence-corrected chi connectivity index (χ3v) is 7.35. The average Bonchev–Trinajstić information content (AvgIpc) is 2.65. The number of hydrogen-bond donors (Lipinski definition) is 0. The summed E-state index contributed by atoms with van der Waals surface area (Å²) in [4.78, 5) is 27.3. The molecule has 0 N–H and O–H groups in total. The number of halogens is 1. The zero-order chi connectivity index (χ0) is 19.3. The number of pyridine rings is 1. The minimum Gasteiger partial charge on any atom is -0.421 e. The lowest BCUT2D eigenvalue weighted by Gasteiger charge is -2.59. The third-order valence-electron chi connectivity index (χ3n) is 6.68. The van der Waals surface area contributed by atoms with Crippen molar-refractivity contribution in [1.82, 2.24) is 4.98 Å². The minimum atomic E-state index is -0.875. The zero-order valence-corrected chi connectivity index (χ0v) is 17.6. The minimum absolute atomic E-state index is 0.214. The second-order valence-corrected chi connectivity index (χ2v) is 9.74. The normalized spacial score (nSPS) is 31.9. The lowest BCUT2D eigenvalue weighted by Crippen LogP contribution is -2.63. The number of carbonyl (C=O) groups is 2. The van der Waals surface area contributed by atoms with Crippen LogP contribution in [0.5, 0.6) is 0 Å². The summed E-state index contributed by atoms with van der Waals surface area (Å²) >= 11 is 2.30. The van der Waals surface area contributed by atoms with Gasteiger partial charge in [0.15, 0.2) is 0 Å². The molecule has 2 aromatic rings. The molecule has 0 amide bonds. The maximum atomic E-state index is 11.5. The first kappa shape index (κ1) is 18.3. The molecule has 0 radical (unpaired) electrons. The third kappa shape index (κ3) is 3.19. The van der Waals surface area contributed by atoms with E-state index in [4.69, 9.17) is 9.47 Å². The van der Waals surface area contributed by atoms with E-state index >= 15 is 0 Å². The first-order valence-electron chi connectivity index (χ1n) is 9.96. The van der Waals surface area contributed by atoms with Gasteiger partial charge in [-0.3, -0.25) is 14.6 Å². The number of rotatable bonds is 0. The van der Waals surface area contributed by atoms with Gasteiger partial charge in [0.2, 0.25) is 0 Å². The molecule has 1 aliphatic heterocycles. The van der Waals surface area contributed by atoms with Crippen LogP contribution < -0.4 is 0 Å². The smallest absolute Gasteiger partial charge is 0.320 e. The summed E-state index contributed by atoms with van der Waals surface area (Å²) in [5, 5.41) is 1.21. The van der Waals surface area contributed by atoms with E-state index in [9.17, 15) is 9.59 Å². The van der Waals surface area contributed by atoms with E-state index in [-0.39, 0.29) is 18.3 Å². The molecule has 146 valence electrons. The Bertz CT molecular complexity index is 897. The van der Waals surface area contributed by atoms with Crippen molar-refractivity contribution in [2.75, 3.05) is 0 Å². The molecule has 28 heavy (non-hydrogen) atoms. The van der Waals surface area contributed by atoms with Crippen LogP contribution in [-0.4, -0.2) is 22.7 Å². The van der Waals surface area contributed by atoms with Crippen LogP contribution in [0.25, 0.3) is 10.9 Å². The number of benzene rings is 1. The Labute approximate surface area is 177 Å². The predicted octanol–water partition coefficient (Wildman–Crippen LogP) is 4.47. The van der Waals surface area contributed by atoms with Crippen LogP contribution in [0, 0.1) is 27.2 Å². The monoisotopic (exact) mass is 491 g/mol. The maximum absolute atomic E-state index is 11.5. The largest absolute Gasteiger partial charge is 0.421 e. The first-order chi connectivity index (χ1) is 13.5. The van der Waals surface area contributed by atoms with Crippen LogP contribution in [-0.2, 0) is 19.1 Å². The Hall–Kier alpha value is -1.70. The fourth-order valence-electron chi connectivity index (χ4n) is 5.79. The topological polar surface area (TPSA) is 65.5 Å². The summed E-state index contributed by atoms with van der Waals surface area (Å²) in [5.74, 6) is 0.381. The molecule has 0 unspecified atom stereocenters. The lowest BCUT2D eigenvalue weighted by atomic mass is 9.53. The highest BCUT2D eigenvalue weighted by molar-refractivity contribution is 14.1. The Balaban J connectivity index is 0.000000135. The average molecular weight is 491 g/mol. The molecule has 1 spiro atoms. The van der Waals surface area contributed by atoms with Gasteiger partial charge in [0.1, 0.15) is 6.42 Å². The van der Waals surface area contributed by atoms with Crippen LogP contribution >= 0.6 is 22.6 Å². The quantitative estimate of drug-likeness (QED) is 0.309. The fourth-order valence-corrected chi connectivity index (χ4v) is 6.30. The highest BCUT2D eigenvalue weighted by Crippen LogP contribution is 2.60. The lowest BCUT2D eigenvalue weighted by molar-refractivity contribution is -0.319. The van der Waals surface area contributed by atoms with Crippen LogP contribution in [0.3, 0.4) is 0 Å². The molecule has 6 heteroatoms. The number of nitrogens with zero attached hydrogens (tertiary/aromatic N) is 1. The summed E-state index contributed by atoms with van der Waals surface area (Å²) in [6.07, 6.45) is 7.18. The van der Waals surface area contributed by atoms with Crippen molar-refractivity contribution in [3.63, 3.8) is 0 Å². The Morgan fingerprint density at radius 3 is 2.21 bits per heavy atom.